The summed E-state index contributed by atoms with van der Waals surface area (Å²) in [7, 11) is 0. The second-order valence-corrected chi connectivity index (χ2v) is 6.36. The van der Waals surface area contributed by atoms with Gasteiger partial charge < -0.3 is 4.57 Å². The molecule has 104 valence electrons. The number of hydrogen-bond acceptors (Lipinski definition) is 4. The monoisotopic (exact) mass is 278 g/mol. The van der Waals surface area contributed by atoms with E-state index in [-0.39, 0.29) is 5.25 Å². The molecule has 1 aliphatic carbocycles. The number of thioether (sulfide) groups is 1. The first-order valence-electron chi connectivity index (χ1n) is 7.22. The van der Waals surface area contributed by atoms with Crippen LogP contribution in [0.3, 0.4) is 0 Å². The molecule has 1 saturated carbocycles. The topological polar surface area (TPSA) is 54.5 Å². The van der Waals surface area contributed by atoms with Crippen molar-refractivity contribution in [2.75, 3.05) is 0 Å². The van der Waals surface area contributed by atoms with E-state index >= 15 is 0 Å². The standard InChI is InChI=1S/C14H22N4S/c1-3-9-18-11(2)16-17-14(18)19-13(10-15)12-7-5-4-6-8-12/h12-13H,3-9H2,1-2H3. The minimum Gasteiger partial charge on any atom is -0.306 e. The minimum absolute atomic E-state index is 0.0273. The van der Waals surface area contributed by atoms with Crippen molar-refractivity contribution in [1.29, 1.82) is 5.26 Å². The van der Waals surface area contributed by atoms with Crippen LogP contribution in [0.5, 0.6) is 0 Å². The minimum atomic E-state index is 0.0273. The highest BCUT2D eigenvalue weighted by Crippen LogP contribution is 2.35. The Morgan fingerprint density at radius 1 is 1.37 bits per heavy atom. The van der Waals surface area contributed by atoms with Crippen LogP contribution < -0.4 is 0 Å². The van der Waals surface area contributed by atoms with Crippen molar-refractivity contribution in [1.82, 2.24) is 14.8 Å². The SMILES string of the molecule is CCCn1c(C)nnc1SC(C#N)C1CCCCC1. The first kappa shape index (κ1) is 14.4. The van der Waals surface area contributed by atoms with Gasteiger partial charge in [0, 0.05) is 6.54 Å². The maximum absolute atomic E-state index is 9.44. The Hall–Kier alpha value is -1.02. The predicted octanol–water partition coefficient (Wildman–Crippen LogP) is 3.56. The molecule has 0 saturated heterocycles. The van der Waals surface area contributed by atoms with Crippen LogP contribution >= 0.6 is 11.8 Å². The Morgan fingerprint density at radius 3 is 2.74 bits per heavy atom. The van der Waals surface area contributed by atoms with Gasteiger partial charge in [-0.1, -0.05) is 37.9 Å². The van der Waals surface area contributed by atoms with Crippen LogP contribution in [0, 0.1) is 24.2 Å². The molecule has 0 amide bonds. The van der Waals surface area contributed by atoms with Crippen molar-refractivity contribution < 1.29 is 0 Å². The summed E-state index contributed by atoms with van der Waals surface area (Å²) < 4.78 is 2.14. The first-order chi connectivity index (χ1) is 9.26. The van der Waals surface area contributed by atoms with E-state index in [1.165, 1.54) is 32.1 Å². The second kappa shape index (κ2) is 6.95. The molecular formula is C14H22N4S. The highest BCUT2D eigenvalue weighted by atomic mass is 32.2. The Labute approximate surface area is 119 Å². The number of hydrogen-bond donors (Lipinski definition) is 0. The third-order valence-corrected chi connectivity index (χ3v) is 5.04. The van der Waals surface area contributed by atoms with Crippen LogP contribution in [0.2, 0.25) is 0 Å². The van der Waals surface area contributed by atoms with E-state index in [0.29, 0.717) is 5.92 Å². The molecule has 0 aromatic carbocycles. The van der Waals surface area contributed by atoms with Gasteiger partial charge in [0.25, 0.3) is 0 Å². The van der Waals surface area contributed by atoms with Gasteiger partial charge in [-0.25, -0.2) is 0 Å². The van der Waals surface area contributed by atoms with E-state index < -0.39 is 0 Å². The van der Waals surface area contributed by atoms with Gasteiger partial charge in [-0.2, -0.15) is 5.26 Å². The van der Waals surface area contributed by atoms with Crippen molar-refractivity contribution >= 4 is 11.8 Å². The fraction of sp³-hybridized carbons (Fsp3) is 0.786. The fourth-order valence-corrected chi connectivity index (χ4v) is 3.89. The molecule has 19 heavy (non-hydrogen) atoms. The number of nitriles is 1. The quantitative estimate of drug-likeness (QED) is 0.773. The maximum Gasteiger partial charge on any atom is 0.192 e. The molecule has 4 nitrogen and oxygen atoms in total. The molecule has 0 radical (unpaired) electrons. The lowest BCUT2D eigenvalue weighted by Gasteiger charge is -2.25. The third kappa shape index (κ3) is 3.50. The van der Waals surface area contributed by atoms with Crippen molar-refractivity contribution in [3.8, 4) is 6.07 Å². The van der Waals surface area contributed by atoms with Crippen molar-refractivity contribution in [2.24, 2.45) is 5.92 Å². The molecule has 0 spiro atoms. The Bertz CT molecular complexity index is 443. The zero-order valence-electron chi connectivity index (χ0n) is 11.8. The average Bonchev–Trinajstić information content (AvgIpc) is 2.79. The largest absolute Gasteiger partial charge is 0.306 e. The predicted molar refractivity (Wildman–Crippen MR) is 76.9 cm³/mol. The number of aromatic nitrogens is 3. The van der Waals surface area contributed by atoms with Gasteiger partial charge in [0.2, 0.25) is 0 Å². The third-order valence-electron chi connectivity index (χ3n) is 3.79. The summed E-state index contributed by atoms with van der Waals surface area (Å²) in [6.07, 6.45) is 7.30. The Kier molecular flexibility index (Phi) is 5.26. The molecule has 0 bridgehead atoms. The number of nitrogens with zero attached hydrogens (tertiary/aromatic N) is 4. The van der Waals surface area contributed by atoms with Crippen LogP contribution in [-0.2, 0) is 6.54 Å². The molecular weight excluding hydrogens is 256 g/mol. The van der Waals surface area contributed by atoms with Crippen LogP contribution in [0.1, 0.15) is 51.3 Å². The van der Waals surface area contributed by atoms with E-state index in [9.17, 15) is 5.26 Å². The van der Waals surface area contributed by atoms with Crippen LogP contribution in [0.4, 0.5) is 0 Å². The van der Waals surface area contributed by atoms with E-state index in [4.69, 9.17) is 0 Å². The summed E-state index contributed by atoms with van der Waals surface area (Å²) >= 11 is 1.61. The first-order valence-corrected chi connectivity index (χ1v) is 8.10. The molecule has 1 fully saturated rings. The highest BCUT2D eigenvalue weighted by molar-refractivity contribution is 8.00. The second-order valence-electron chi connectivity index (χ2n) is 5.25. The summed E-state index contributed by atoms with van der Waals surface area (Å²) in [6.45, 7) is 5.06. The Balaban J connectivity index is 2.07. The molecule has 1 aromatic heterocycles. The van der Waals surface area contributed by atoms with Gasteiger partial charge in [0.15, 0.2) is 5.16 Å². The fourth-order valence-electron chi connectivity index (χ4n) is 2.71. The van der Waals surface area contributed by atoms with Gasteiger partial charge in [0.1, 0.15) is 11.1 Å². The molecule has 1 heterocycles. The van der Waals surface area contributed by atoms with E-state index in [2.05, 4.69) is 27.8 Å². The lowest BCUT2D eigenvalue weighted by atomic mass is 9.87. The molecule has 2 rings (SSSR count). The molecule has 1 unspecified atom stereocenters. The zero-order chi connectivity index (χ0) is 13.7. The molecule has 5 heteroatoms. The van der Waals surface area contributed by atoms with Crippen LogP contribution in [0.15, 0.2) is 5.16 Å². The van der Waals surface area contributed by atoms with Gasteiger partial charge in [-0.3, -0.25) is 0 Å². The van der Waals surface area contributed by atoms with Crippen molar-refractivity contribution in [2.45, 2.75) is 69.3 Å². The van der Waals surface area contributed by atoms with Gasteiger partial charge >= 0.3 is 0 Å². The number of aryl methyl sites for hydroxylation is 1. The maximum atomic E-state index is 9.44. The summed E-state index contributed by atoms with van der Waals surface area (Å²) in [5.41, 5.74) is 0. The average molecular weight is 278 g/mol. The normalized spacial score (nSPS) is 18.2. The smallest absolute Gasteiger partial charge is 0.192 e. The molecule has 1 aliphatic rings. The van der Waals surface area contributed by atoms with Gasteiger partial charge in [0.05, 0.1) is 6.07 Å². The van der Waals surface area contributed by atoms with Gasteiger partial charge in [-0.15, -0.1) is 10.2 Å². The van der Waals surface area contributed by atoms with E-state index in [0.717, 1.165) is 23.9 Å². The van der Waals surface area contributed by atoms with E-state index in [1.54, 1.807) is 11.8 Å². The van der Waals surface area contributed by atoms with Crippen molar-refractivity contribution in [3.63, 3.8) is 0 Å². The van der Waals surface area contributed by atoms with Crippen LogP contribution in [-0.4, -0.2) is 20.0 Å². The van der Waals surface area contributed by atoms with Crippen LogP contribution in [0.25, 0.3) is 0 Å². The highest BCUT2D eigenvalue weighted by Gasteiger charge is 2.26. The zero-order valence-corrected chi connectivity index (χ0v) is 12.6. The van der Waals surface area contributed by atoms with E-state index in [1.807, 2.05) is 6.92 Å². The number of rotatable bonds is 5. The lowest BCUT2D eigenvalue weighted by molar-refractivity contribution is 0.369. The Morgan fingerprint density at radius 2 is 2.11 bits per heavy atom. The molecule has 0 N–H and O–H groups in total. The molecule has 1 aromatic rings. The lowest BCUT2D eigenvalue weighted by Crippen LogP contribution is -2.19. The summed E-state index contributed by atoms with van der Waals surface area (Å²) in [6, 6.07) is 2.48. The molecule has 1 atom stereocenters. The van der Waals surface area contributed by atoms with Gasteiger partial charge in [-0.05, 0) is 32.1 Å². The molecule has 0 aliphatic heterocycles. The summed E-state index contributed by atoms with van der Waals surface area (Å²) in [4.78, 5) is 0. The van der Waals surface area contributed by atoms with Crippen molar-refractivity contribution in [3.05, 3.63) is 5.82 Å². The summed E-state index contributed by atoms with van der Waals surface area (Å²) in [5.74, 6) is 1.47. The summed E-state index contributed by atoms with van der Waals surface area (Å²) in [5, 5.41) is 18.8.